The second-order valence-electron chi connectivity index (χ2n) is 5.41. The second kappa shape index (κ2) is 7.61. The van der Waals surface area contributed by atoms with Gasteiger partial charge in [0.25, 0.3) is 0 Å². The molecular formula is C19H19BrN2O3. The lowest BCUT2D eigenvalue weighted by atomic mass is 10.1. The molecule has 0 amide bonds. The Labute approximate surface area is 155 Å². The number of rotatable bonds is 6. The number of nitrogens with one attached hydrogen (secondary N) is 1. The number of benzene rings is 2. The molecule has 5 nitrogen and oxygen atoms in total. The molecule has 0 aliphatic carbocycles. The number of ether oxygens (including phenoxy) is 3. The molecule has 6 heteroatoms. The summed E-state index contributed by atoms with van der Waals surface area (Å²) in [5.74, 6) is 1.87. The molecule has 130 valence electrons. The zero-order valence-corrected chi connectivity index (χ0v) is 15.9. The Kier molecular flexibility index (Phi) is 5.28. The highest BCUT2D eigenvalue weighted by molar-refractivity contribution is 9.10. The fourth-order valence-corrected chi connectivity index (χ4v) is 3.06. The van der Waals surface area contributed by atoms with Crippen molar-refractivity contribution in [2.45, 2.75) is 6.54 Å². The number of halogens is 1. The molecule has 1 heterocycles. The molecule has 0 bridgehead atoms. The fraction of sp³-hybridized carbons (Fsp3) is 0.211. The number of methoxy groups -OCH3 is 3. The third-order valence-corrected chi connectivity index (χ3v) is 4.41. The molecule has 0 aliphatic heterocycles. The van der Waals surface area contributed by atoms with Crippen molar-refractivity contribution in [2.75, 3.05) is 26.6 Å². The molecule has 1 N–H and O–H groups in total. The predicted octanol–water partition coefficient (Wildman–Crippen LogP) is 4.64. The Balaban J connectivity index is 1.89. The lowest BCUT2D eigenvalue weighted by molar-refractivity contribution is 0.324. The zero-order valence-electron chi connectivity index (χ0n) is 14.3. The van der Waals surface area contributed by atoms with Crippen molar-refractivity contribution in [3.05, 3.63) is 52.6 Å². The van der Waals surface area contributed by atoms with Crippen molar-refractivity contribution in [2.24, 2.45) is 0 Å². The molecule has 0 saturated heterocycles. The first kappa shape index (κ1) is 17.4. The van der Waals surface area contributed by atoms with Crippen molar-refractivity contribution in [1.82, 2.24) is 4.98 Å². The van der Waals surface area contributed by atoms with E-state index in [9.17, 15) is 0 Å². The van der Waals surface area contributed by atoms with E-state index in [0.29, 0.717) is 23.8 Å². The molecule has 3 rings (SSSR count). The number of pyridine rings is 1. The average molecular weight is 403 g/mol. The summed E-state index contributed by atoms with van der Waals surface area (Å²) in [6.45, 7) is 0.617. The highest BCUT2D eigenvalue weighted by atomic mass is 79.9. The van der Waals surface area contributed by atoms with Gasteiger partial charge < -0.3 is 19.5 Å². The smallest absolute Gasteiger partial charge is 0.203 e. The van der Waals surface area contributed by atoms with Gasteiger partial charge in [0, 0.05) is 28.3 Å². The van der Waals surface area contributed by atoms with Gasteiger partial charge in [0.15, 0.2) is 11.5 Å². The number of anilines is 1. The highest BCUT2D eigenvalue weighted by Gasteiger charge is 2.13. The van der Waals surface area contributed by atoms with E-state index in [0.717, 1.165) is 26.6 Å². The van der Waals surface area contributed by atoms with Crippen LogP contribution >= 0.6 is 15.9 Å². The fourth-order valence-electron chi connectivity index (χ4n) is 2.71. The van der Waals surface area contributed by atoms with Gasteiger partial charge >= 0.3 is 0 Å². The van der Waals surface area contributed by atoms with Gasteiger partial charge in [0.1, 0.15) is 0 Å². The average Bonchev–Trinajstić information content (AvgIpc) is 2.64. The van der Waals surface area contributed by atoms with Crippen LogP contribution in [0.25, 0.3) is 10.9 Å². The van der Waals surface area contributed by atoms with Gasteiger partial charge in [0.2, 0.25) is 5.75 Å². The van der Waals surface area contributed by atoms with Gasteiger partial charge in [0.05, 0.1) is 26.8 Å². The van der Waals surface area contributed by atoms with Gasteiger partial charge in [-0.1, -0.05) is 15.9 Å². The Morgan fingerprint density at radius 3 is 2.32 bits per heavy atom. The molecule has 1 aromatic heterocycles. The van der Waals surface area contributed by atoms with E-state index in [1.165, 1.54) is 0 Å². The van der Waals surface area contributed by atoms with Gasteiger partial charge in [-0.15, -0.1) is 0 Å². The molecule has 0 radical (unpaired) electrons. The Morgan fingerprint density at radius 1 is 0.960 bits per heavy atom. The summed E-state index contributed by atoms with van der Waals surface area (Å²) in [6.07, 6.45) is 1.80. The molecule has 0 aliphatic rings. The first-order valence-electron chi connectivity index (χ1n) is 7.73. The summed E-state index contributed by atoms with van der Waals surface area (Å²) in [7, 11) is 4.82. The number of aromatic nitrogens is 1. The molecule has 25 heavy (non-hydrogen) atoms. The SMILES string of the molecule is COc1cc(CNc2ccnc3cc(Br)ccc23)cc(OC)c1OC. The largest absolute Gasteiger partial charge is 0.493 e. The van der Waals surface area contributed by atoms with Crippen LogP contribution < -0.4 is 19.5 Å². The van der Waals surface area contributed by atoms with E-state index in [1.807, 2.05) is 36.4 Å². The van der Waals surface area contributed by atoms with E-state index in [2.05, 4.69) is 26.2 Å². The van der Waals surface area contributed by atoms with Crippen LogP contribution in [0.4, 0.5) is 5.69 Å². The zero-order chi connectivity index (χ0) is 17.8. The molecule has 0 fully saturated rings. The standard InChI is InChI=1S/C19H19BrN2O3/c1-23-17-8-12(9-18(24-2)19(17)25-3)11-22-15-6-7-21-16-10-13(20)4-5-14(15)16/h4-10H,11H2,1-3H3,(H,21,22). The topological polar surface area (TPSA) is 52.6 Å². The van der Waals surface area contributed by atoms with E-state index in [1.54, 1.807) is 27.5 Å². The van der Waals surface area contributed by atoms with Crippen LogP contribution in [0, 0.1) is 0 Å². The normalized spacial score (nSPS) is 10.6. The minimum atomic E-state index is 0.591. The molecule has 0 unspecified atom stereocenters. The molecule has 3 aromatic rings. The molecule has 2 aromatic carbocycles. The molecule has 0 atom stereocenters. The first-order chi connectivity index (χ1) is 12.2. The summed E-state index contributed by atoms with van der Waals surface area (Å²) in [6, 6.07) is 11.9. The Hall–Kier alpha value is -2.47. The van der Waals surface area contributed by atoms with Crippen molar-refractivity contribution in [3.63, 3.8) is 0 Å². The predicted molar refractivity (Wildman–Crippen MR) is 103 cm³/mol. The summed E-state index contributed by atoms with van der Waals surface area (Å²) < 4.78 is 17.2. The van der Waals surface area contributed by atoms with Crippen LogP contribution in [0.1, 0.15) is 5.56 Å². The molecule has 0 saturated carbocycles. The van der Waals surface area contributed by atoms with Crippen LogP contribution in [-0.2, 0) is 6.54 Å². The molecule has 0 spiro atoms. The van der Waals surface area contributed by atoms with Crippen molar-refractivity contribution in [1.29, 1.82) is 0 Å². The minimum absolute atomic E-state index is 0.591. The summed E-state index contributed by atoms with van der Waals surface area (Å²) >= 11 is 3.48. The first-order valence-corrected chi connectivity index (χ1v) is 8.52. The minimum Gasteiger partial charge on any atom is -0.493 e. The van der Waals surface area contributed by atoms with Gasteiger partial charge in [-0.3, -0.25) is 4.98 Å². The number of fused-ring (bicyclic) bond motifs is 1. The van der Waals surface area contributed by atoms with E-state index in [-0.39, 0.29) is 0 Å². The highest BCUT2D eigenvalue weighted by Crippen LogP contribution is 2.38. The maximum absolute atomic E-state index is 5.41. The number of hydrogen-bond acceptors (Lipinski definition) is 5. The van der Waals surface area contributed by atoms with Gasteiger partial charge in [-0.25, -0.2) is 0 Å². The molecular weight excluding hydrogens is 384 g/mol. The van der Waals surface area contributed by atoms with Crippen molar-refractivity contribution >= 4 is 32.5 Å². The van der Waals surface area contributed by atoms with Crippen LogP contribution in [0.2, 0.25) is 0 Å². The van der Waals surface area contributed by atoms with Crippen LogP contribution in [-0.4, -0.2) is 26.3 Å². The maximum atomic E-state index is 5.41. The number of hydrogen-bond donors (Lipinski definition) is 1. The second-order valence-corrected chi connectivity index (χ2v) is 6.32. The third kappa shape index (κ3) is 3.64. The van der Waals surface area contributed by atoms with Crippen molar-refractivity contribution < 1.29 is 14.2 Å². The summed E-state index contributed by atoms with van der Waals surface area (Å²) in [4.78, 5) is 4.41. The van der Waals surface area contributed by atoms with Gasteiger partial charge in [-0.2, -0.15) is 0 Å². The van der Waals surface area contributed by atoms with Crippen molar-refractivity contribution in [3.8, 4) is 17.2 Å². The summed E-state index contributed by atoms with van der Waals surface area (Å²) in [5.41, 5.74) is 2.98. The lowest BCUT2D eigenvalue weighted by Crippen LogP contribution is -2.03. The Morgan fingerprint density at radius 2 is 1.68 bits per heavy atom. The monoisotopic (exact) mass is 402 g/mol. The van der Waals surface area contributed by atoms with E-state index >= 15 is 0 Å². The van der Waals surface area contributed by atoms with Crippen LogP contribution in [0.5, 0.6) is 17.2 Å². The number of nitrogens with zero attached hydrogens (tertiary/aromatic N) is 1. The van der Waals surface area contributed by atoms with Gasteiger partial charge in [-0.05, 0) is 42.0 Å². The third-order valence-electron chi connectivity index (χ3n) is 3.91. The lowest BCUT2D eigenvalue weighted by Gasteiger charge is -2.15. The maximum Gasteiger partial charge on any atom is 0.203 e. The van der Waals surface area contributed by atoms with E-state index in [4.69, 9.17) is 14.2 Å². The Bertz CT molecular complexity index is 874. The quantitative estimate of drug-likeness (QED) is 0.650. The summed E-state index contributed by atoms with van der Waals surface area (Å²) in [5, 5.41) is 4.52. The van der Waals surface area contributed by atoms with Crippen LogP contribution in [0.3, 0.4) is 0 Å². The van der Waals surface area contributed by atoms with Crippen LogP contribution in [0.15, 0.2) is 47.1 Å². The van der Waals surface area contributed by atoms with E-state index < -0.39 is 0 Å².